The zero-order valence-corrected chi connectivity index (χ0v) is 43.5. The average molecular weight is 1010 g/mol. The first-order chi connectivity index (χ1) is 33.4. The highest BCUT2D eigenvalue weighted by molar-refractivity contribution is 5.91. The minimum atomic E-state index is -1.02. The summed E-state index contributed by atoms with van der Waals surface area (Å²) in [6.07, 6.45) is 2.93. The Morgan fingerprint density at radius 1 is 0.563 bits per heavy atom. The molecule has 408 valence electrons. The zero-order valence-electron chi connectivity index (χ0n) is 43.5. The van der Waals surface area contributed by atoms with Crippen molar-refractivity contribution in [1.29, 1.82) is 0 Å². The molecular weight excluding hydrogens is 925 g/mol. The lowest BCUT2D eigenvalue weighted by Crippen LogP contribution is -2.54. The van der Waals surface area contributed by atoms with Gasteiger partial charge in [-0.3, -0.25) is 38.4 Å². The Morgan fingerprint density at radius 2 is 0.930 bits per heavy atom. The van der Waals surface area contributed by atoms with Crippen LogP contribution in [0.25, 0.3) is 0 Å². The number of nitrogens with two attached hydrogens (primary N) is 2. The van der Waals surface area contributed by atoms with Gasteiger partial charge in [0.15, 0.2) is 6.29 Å². The summed E-state index contributed by atoms with van der Waals surface area (Å²) in [6.45, 7) is 23.9. The average Bonchev–Trinajstić information content (AvgIpc) is 3.27. The van der Waals surface area contributed by atoms with Crippen LogP contribution in [0.3, 0.4) is 0 Å². The Morgan fingerprint density at radius 3 is 1.25 bits per heavy atom. The van der Waals surface area contributed by atoms with Crippen LogP contribution in [-0.4, -0.2) is 133 Å². The van der Waals surface area contributed by atoms with Crippen molar-refractivity contribution in [2.75, 3.05) is 26.3 Å². The highest BCUT2D eigenvalue weighted by Crippen LogP contribution is 2.13. The number of aliphatic carboxylic acids is 2. The van der Waals surface area contributed by atoms with Crippen LogP contribution in [0.4, 0.5) is 0 Å². The highest BCUT2D eigenvalue weighted by Gasteiger charge is 2.30. The molecule has 0 saturated heterocycles. The van der Waals surface area contributed by atoms with Crippen LogP contribution in [-0.2, 0) is 52.6 Å². The fraction of sp³-hybridized carbons (Fsp3) is 0.729. The molecule has 71 heavy (non-hydrogen) atoms. The van der Waals surface area contributed by atoms with Gasteiger partial charge in [-0.05, 0) is 77.0 Å². The maximum absolute atomic E-state index is 13.3. The van der Waals surface area contributed by atoms with Crippen molar-refractivity contribution in [3.8, 4) is 0 Å². The van der Waals surface area contributed by atoms with Gasteiger partial charge in [0.25, 0.3) is 0 Å². The molecule has 0 rings (SSSR count). The van der Waals surface area contributed by atoms with E-state index < -0.39 is 84.0 Å². The lowest BCUT2D eigenvalue weighted by Gasteiger charge is -2.30. The SMILES string of the molecule is C=C(N)NCCCC(C=O)NC(=O)C(CC(C)C)NC(=O)CCC(=O)NC(CC)CC(=O)O.C=C(N)NCCCC(NC(=O)C(CC(C)C)NC(=O)CCC(=O)NC(CC)CC(=O)O)C(OCC)OCC. The summed E-state index contributed by atoms with van der Waals surface area (Å²) >= 11 is 0. The van der Waals surface area contributed by atoms with Crippen LogP contribution in [0.2, 0.25) is 0 Å². The molecule has 0 fully saturated rings. The Bertz CT molecular complexity index is 1660. The van der Waals surface area contributed by atoms with Crippen molar-refractivity contribution in [1.82, 2.24) is 42.5 Å². The second-order valence-corrected chi connectivity index (χ2v) is 17.9. The number of carboxylic acid groups (broad SMARTS) is 2. The molecule has 0 aliphatic carbocycles. The van der Waals surface area contributed by atoms with Gasteiger partial charge in [0, 0.05) is 64.1 Å². The third-order valence-corrected chi connectivity index (χ3v) is 10.3. The molecule has 0 spiro atoms. The van der Waals surface area contributed by atoms with Crippen molar-refractivity contribution in [3.05, 3.63) is 24.8 Å². The van der Waals surface area contributed by atoms with E-state index in [4.69, 9.17) is 31.2 Å². The minimum Gasteiger partial charge on any atom is -0.481 e. The molecule has 23 heteroatoms. The third-order valence-electron chi connectivity index (χ3n) is 10.3. The van der Waals surface area contributed by atoms with Crippen molar-refractivity contribution in [2.45, 2.75) is 188 Å². The van der Waals surface area contributed by atoms with E-state index in [1.165, 1.54) is 0 Å². The number of rotatable bonds is 40. The van der Waals surface area contributed by atoms with Crippen molar-refractivity contribution >= 4 is 53.7 Å². The molecule has 0 aliphatic heterocycles. The molecule has 0 aromatic carbocycles. The van der Waals surface area contributed by atoms with E-state index >= 15 is 0 Å². The number of amides is 6. The molecule has 0 heterocycles. The van der Waals surface area contributed by atoms with Crippen LogP contribution < -0.4 is 54.0 Å². The summed E-state index contributed by atoms with van der Waals surface area (Å²) in [7, 11) is 0. The van der Waals surface area contributed by atoms with Crippen molar-refractivity contribution in [2.24, 2.45) is 23.3 Å². The van der Waals surface area contributed by atoms with Crippen LogP contribution in [0.15, 0.2) is 24.8 Å². The van der Waals surface area contributed by atoms with E-state index in [0.29, 0.717) is 95.6 Å². The van der Waals surface area contributed by atoms with Crippen molar-refractivity contribution in [3.63, 3.8) is 0 Å². The quantitative estimate of drug-likeness (QED) is 0.0235. The maximum atomic E-state index is 13.3. The Kier molecular flexibility index (Phi) is 37.5. The Labute approximate surface area is 420 Å². The summed E-state index contributed by atoms with van der Waals surface area (Å²) in [5.74, 6) is -3.74. The van der Waals surface area contributed by atoms with E-state index in [9.17, 15) is 43.2 Å². The van der Waals surface area contributed by atoms with Gasteiger partial charge in [0.1, 0.15) is 18.4 Å². The minimum absolute atomic E-state index is 0.0973. The van der Waals surface area contributed by atoms with Gasteiger partial charge < -0.3 is 78.5 Å². The van der Waals surface area contributed by atoms with E-state index in [0.717, 1.165) is 0 Å². The number of carbonyl (C=O) groups excluding carboxylic acids is 7. The van der Waals surface area contributed by atoms with Gasteiger partial charge in [-0.25, -0.2) is 0 Å². The first-order valence-electron chi connectivity index (χ1n) is 24.7. The van der Waals surface area contributed by atoms with E-state index in [-0.39, 0.29) is 56.3 Å². The summed E-state index contributed by atoms with van der Waals surface area (Å²) in [5.41, 5.74) is 11.0. The molecule has 0 aromatic heterocycles. The lowest BCUT2D eigenvalue weighted by molar-refractivity contribution is -0.160. The molecule has 0 bridgehead atoms. The predicted molar refractivity (Wildman–Crippen MR) is 268 cm³/mol. The monoisotopic (exact) mass is 1010 g/mol. The normalized spacial score (nSPS) is 13.4. The highest BCUT2D eigenvalue weighted by atomic mass is 16.7. The third kappa shape index (κ3) is 36.6. The van der Waals surface area contributed by atoms with Gasteiger partial charge in [-0.1, -0.05) is 54.7 Å². The number of aldehydes is 1. The van der Waals surface area contributed by atoms with Gasteiger partial charge in [0.05, 0.1) is 36.6 Å². The smallest absolute Gasteiger partial charge is 0.305 e. The molecule has 0 aliphatic rings. The summed E-state index contributed by atoms with van der Waals surface area (Å²) in [5, 5.41) is 39.8. The molecule has 14 N–H and O–H groups in total. The number of carboxylic acids is 2. The molecule has 6 amide bonds. The van der Waals surface area contributed by atoms with E-state index in [1.807, 2.05) is 41.5 Å². The molecule has 0 saturated carbocycles. The fourth-order valence-electron chi connectivity index (χ4n) is 6.78. The van der Waals surface area contributed by atoms with Gasteiger partial charge in [0.2, 0.25) is 35.4 Å². The molecule has 23 nitrogen and oxygen atoms in total. The molecule has 0 aromatic rings. The number of hydrogen-bond acceptors (Lipinski definition) is 15. The Hall–Kier alpha value is -5.97. The first kappa shape index (κ1) is 67.1. The molecule has 6 unspecified atom stereocenters. The second kappa shape index (κ2) is 39.7. The maximum Gasteiger partial charge on any atom is 0.305 e. The second-order valence-electron chi connectivity index (χ2n) is 17.9. The Balaban J connectivity index is 0. The molecule has 0 radical (unpaired) electrons. The van der Waals surface area contributed by atoms with Crippen LogP contribution in [0.1, 0.15) is 145 Å². The summed E-state index contributed by atoms with van der Waals surface area (Å²) in [4.78, 5) is 108. The van der Waals surface area contributed by atoms with Gasteiger partial charge >= 0.3 is 11.9 Å². The molecular formula is C48H88N10O13. The topological polar surface area (TPSA) is 361 Å². The lowest BCUT2D eigenvalue weighted by atomic mass is 10.0. The standard InChI is InChI=1S/C26H49N5O7.C22H39N5O6/c1-7-19(16-24(34)35)29-22(32)12-13-23(33)30-21(15-17(4)5)25(36)31-20(11-10-14-28-18(6)27)26(37-8-2)38-9-3;1-5-16(12-21(31)32)25-19(29)8-9-20(30)27-18(11-14(2)3)22(33)26-17(13-28)7-6-10-24-15(4)23/h17,19-21,26,28H,6-16,27H2,1-5H3,(H,29,32)(H,30,33)(H,31,36)(H,34,35);13-14,16-18,24H,4-12,23H2,1-3H3,(H,25,29)(H,26,33)(H,27,30)(H,31,32). The summed E-state index contributed by atoms with van der Waals surface area (Å²) < 4.78 is 11.5. The van der Waals surface area contributed by atoms with Crippen LogP contribution in [0.5, 0.6) is 0 Å². The molecule has 6 atom stereocenters. The van der Waals surface area contributed by atoms with E-state index in [2.05, 4.69) is 55.7 Å². The fourth-order valence-corrected chi connectivity index (χ4v) is 6.78. The number of ether oxygens (including phenoxy) is 2. The first-order valence-corrected chi connectivity index (χ1v) is 24.7. The summed E-state index contributed by atoms with van der Waals surface area (Å²) in [6, 6.07) is -3.83. The van der Waals surface area contributed by atoms with Crippen LogP contribution in [0, 0.1) is 11.8 Å². The zero-order chi connectivity index (χ0) is 54.5. The number of hydrogen-bond donors (Lipinski definition) is 12. The van der Waals surface area contributed by atoms with E-state index in [1.54, 1.807) is 13.8 Å². The van der Waals surface area contributed by atoms with Gasteiger partial charge in [-0.15, -0.1) is 0 Å². The number of carbonyl (C=O) groups is 9. The largest absolute Gasteiger partial charge is 0.481 e. The predicted octanol–water partition coefficient (Wildman–Crippen LogP) is 1.50. The van der Waals surface area contributed by atoms with Gasteiger partial charge in [-0.2, -0.15) is 0 Å². The van der Waals surface area contributed by atoms with Crippen LogP contribution >= 0.6 is 0 Å². The van der Waals surface area contributed by atoms with Crippen molar-refractivity contribution < 1.29 is 62.8 Å². The number of nitrogens with one attached hydrogen (secondary N) is 8.